The molecule has 0 saturated carbocycles. The largest absolute Gasteiger partial charge is 0.378 e. The molecule has 1 saturated heterocycles. The maximum Gasteiger partial charge on any atom is 0.224 e. The number of amides is 1. The topological polar surface area (TPSA) is 41.6 Å². The van der Waals surface area contributed by atoms with Gasteiger partial charge in [0.15, 0.2) is 0 Å². The third-order valence-electron chi connectivity index (χ3n) is 3.68. The first kappa shape index (κ1) is 16.4. The van der Waals surface area contributed by atoms with Gasteiger partial charge in [0.05, 0.1) is 13.2 Å². The molecule has 1 N–H and O–H groups in total. The van der Waals surface area contributed by atoms with Crippen molar-refractivity contribution in [2.75, 3.05) is 26.3 Å². The fraction of sp³-hybridized carbons (Fsp3) is 0.933. The summed E-state index contributed by atoms with van der Waals surface area (Å²) >= 11 is 0. The van der Waals surface area contributed by atoms with Gasteiger partial charge in [0.25, 0.3) is 0 Å². The molecular weight excluding hydrogens is 240 g/mol. The van der Waals surface area contributed by atoms with E-state index in [1.807, 2.05) is 0 Å². The number of nitrogens with one attached hydrogen (secondary N) is 1. The van der Waals surface area contributed by atoms with E-state index in [0.29, 0.717) is 25.0 Å². The molecule has 0 spiro atoms. The van der Waals surface area contributed by atoms with Crippen LogP contribution in [0.5, 0.6) is 0 Å². The normalized spacial score (nSPS) is 20.0. The number of carbonyl (C=O) groups is 1. The van der Waals surface area contributed by atoms with Crippen LogP contribution in [0.1, 0.15) is 47.0 Å². The zero-order valence-electron chi connectivity index (χ0n) is 12.9. The molecule has 1 amide bonds. The Balaban J connectivity index is 2.58. The molecule has 112 valence electrons. The van der Waals surface area contributed by atoms with Crippen molar-refractivity contribution in [2.24, 2.45) is 5.92 Å². The average Bonchev–Trinajstić information content (AvgIpc) is 2.39. The van der Waals surface area contributed by atoms with Gasteiger partial charge in [-0.15, -0.1) is 0 Å². The summed E-state index contributed by atoms with van der Waals surface area (Å²) in [5.74, 6) is 0.783. The molecule has 1 rings (SSSR count). The van der Waals surface area contributed by atoms with E-state index >= 15 is 0 Å². The molecule has 1 atom stereocenters. The number of hydrogen-bond acceptors (Lipinski definition) is 3. The van der Waals surface area contributed by atoms with Crippen molar-refractivity contribution in [3.05, 3.63) is 0 Å². The van der Waals surface area contributed by atoms with Crippen molar-refractivity contribution in [2.45, 2.75) is 59.0 Å². The van der Waals surface area contributed by atoms with Crippen molar-refractivity contribution in [3.63, 3.8) is 0 Å². The Labute approximate surface area is 117 Å². The average molecular weight is 270 g/mol. The highest BCUT2D eigenvalue weighted by atomic mass is 16.5. The molecule has 4 nitrogen and oxygen atoms in total. The van der Waals surface area contributed by atoms with Crippen LogP contribution in [-0.4, -0.2) is 49.2 Å². The van der Waals surface area contributed by atoms with Gasteiger partial charge in [0, 0.05) is 31.6 Å². The van der Waals surface area contributed by atoms with E-state index in [2.05, 4.69) is 37.9 Å². The first-order chi connectivity index (χ1) is 9.08. The Hall–Kier alpha value is -0.610. The number of carbonyl (C=O) groups excluding carboxylic acids is 1. The second-order valence-corrected chi connectivity index (χ2v) is 5.84. The van der Waals surface area contributed by atoms with E-state index in [4.69, 9.17) is 4.74 Å². The second kappa shape index (κ2) is 8.54. The van der Waals surface area contributed by atoms with Gasteiger partial charge in [-0.3, -0.25) is 4.79 Å². The lowest BCUT2D eigenvalue weighted by atomic mass is 10.1. The van der Waals surface area contributed by atoms with Crippen molar-refractivity contribution >= 4 is 5.91 Å². The van der Waals surface area contributed by atoms with Gasteiger partial charge >= 0.3 is 0 Å². The molecule has 0 aromatic carbocycles. The zero-order chi connectivity index (χ0) is 14.3. The van der Waals surface area contributed by atoms with Gasteiger partial charge in [-0.2, -0.15) is 0 Å². The standard InChI is InChI=1S/C15H30N2O2/c1-5-14(6-2)17(10-12(3)4)15(18)9-13-11-19-8-7-16-13/h12-14,16H,5-11H2,1-4H3. The Bertz CT molecular complexity index is 259. The van der Waals surface area contributed by atoms with Crippen LogP contribution in [-0.2, 0) is 9.53 Å². The van der Waals surface area contributed by atoms with Crippen molar-refractivity contribution in [1.29, 1.82) is 0 Å². The second-order valence-electron chi connectivity index (χ2n) is 5.84. The summed E-state index contributed by atoms with van der Waals surface area (Å²) < 4.78 is 5.42. The maximum absolute atomic E-state index is 12.5. The number of nitrogens with zero attached hydrogens (tertiary/aromatic N) is 1. The highest BCUT2D eigenvalue weighted by molar-refractivity contribution is 5.77. The quantitative estimate of drug-likeness (QED) is 0.770. The van der Waals surface area contributed by atoms with Gasteiger partial charge in [-0.25, -0.2) is 0 Å². The highest BCUT2D eigenvalue weighted by Gasteiger charge is 2.25. The minimum absolute atomic E-state index is 0.185. The number of morpholine rings is 1. The third kappa shape index (κ3) is 5.49. The lowest BCUT2D eigenvalue weighted by molar-refractivity contribution is -0.135. The van der Waals surface area contributed by atoms with E-state index < -0.39 is 0 Å². The van der Waals surface area contributed by atoms with E-state index in [-0.39, 0.29) is 11.9 Å². The minimum Gasteiger partial charge on any atom is -0.378 e. The first-order valence-corrected chi connectivity index (χ1v) is 7.69. The summed E-state index contributed by atoms with van der Waals surface area (Å²) in [5.41, 5.74) is 0. The van der Waals surface area contributed by atoms with Gasteiger partial charge in [0.2, 0.25) is 5.91 Å². The molecule has 0 aliphatic carbocycles. The highest BCUT2D eigenvalue weighted by Crippen LogP contribution is 2.14. The summed E-state index contributed by atoms with van der Waals surface area (Å²) in [4.78, 5) is 14.6. The van der Waals surface area contributed by atoms with Gasteiger partial charge in [-0.1, -0.05) is 27.7 Å². The fourth-order valence-corrected chi connectivity index (χ4v) is 2.66. The van der Waals surface area contributed by atoms with Crippen molar-refractivity contribution in [3.8, 4) is 0 Å². The van der Waals surface area contributed by atoms with Gasteiger partial charge in [-0.05, 0) is 18.8 Å². The van der Waals surface area contributed by atoms with Crippen LogP contribution in [0.2, 0.25) is 0 Å². The molecule has 1 fully saturated rings. The molecule has 0 radical (unpaired) electrons. The molecule has 1 aliphatic rings. The molecule has 0 aromatic rings. The number of ether oxygens (including phenoxy) is 1. The van der Waals surface area contributed by atoms with E-state index in [0.717, 1.165) is 32.5 Å². The number of hydrogen-bond donors (Lipinski definition) is 1. The predicted molar refractivity (Wildman–Crippen MR) is 78.1 cm³/mol. The first-order valence-electron chi connectivity index (χ1n) is 7.69. The van der Waals surface area contributed by atoms with Crippen molar-refractivity contribution in [1.82, 2.24) is 10.2 Å². The Morgan fingerprint density at radius 2 is 2.05 bits per heavy atom. The van der Waals surface area contributed by atoms with Crippen LogP contribution < -0.4 is 5.32 Å². The molecule has 19 heavy (non-hydrogen) atoms. The van der Waals surface area contributed by atoms with Crippen LogP contribution in [0.3, 0.4) is 0 Å². The number of rotatable bonds is 7. The monoisotopic (exact) mass is 270 g/mol. The molecule has 0 aromatic heterocycles. The summed E-state index contributed by atoms with van der Waals surface area (Å²) in [6, 6.07) is 0.560. The maximum atomic E-state index is 12.5. The molecule has 1 aliphatic heterocycles. The minimum atomic E-state index is 0.185. The molecule has 1 unspecified atom stereocenters. The van der Waals surface area contributed by atoms with E-state index in [9.17, 15) is 4.79 Å². The van der Waals surface area contributed by atoms with Crippen LogP contribution >= 0.6 is 0 Å². The smallest absolute Gasteiger partial charge is 0.224 e. The molecule has 0 bridgehead atoms. The lowest BCUT2D eigenvalue weighted by Gasteiger charge is -2.34. The molecule has 4 heteroatoms. The van der Waals surface area contributed by atoms with Gasteiger partial charge < -0.3 is 15.0 Å². The Kier molecular flexibility index (Phi) is 7.39. The SMILES string of the molecule is CCC(CC)N(CC(C)C)C(=O)CC1COCCN1. The Morgan fingerprint density at radius 3 is 2.53 bits per heavy atom. The predicted octanol–water partition coefficient (Wildman–Crippen LogP) is 2.04. The van der Waals surface area contributed by atoms with Crippen LogP contribution in [0.15, 0.2) is 0 Å². The fourth-order valence-electron chi connectivity index (χ4n) is 2.66. The Morgan fingerprint density at radius 1 is 1.37 bits per heavy atom. The van der Waals surface area contributed by atoms with Crippen LogP contribution in [0.4, 0.5) is 0 Å². The lowest BCUT2D eigenvalue weighted by Crippen LogP contribution is -2.48. The summed E-state index contributed by atoms with van der Waals surface area (Å²) in [5, 5.41) is 3.36. The molecule has 1 heterocycles. The summed E-state index contributed by atoms with van der Waals surface area (Å²) in [7, 11) is 0. The van der Waals surface area contributed by atoms with E-state index in [1.54, 1.807) is 0 Å². The zero-order valence-corrected chi connectivity index (χ0v) is 12.9. The summed E-state index contributed by atoms with van der Waals surface area (Å²) in [6.07, 6.45) is 2.62. The van der Waals surface area contributed by atoms with Crippen LogP contribution in [0.25, 0.3) is 0 Å². The van der Waals surface area contributed by atoms with Crippen molar-refractivity contribution < 1.29 is 9.53 Å². The third-order valence-corrected chi connectivity index (χ3v) is 3.68. The molecular formula is C15H30N2O2. The van der Waals surface area contributed by atoms with E-state index in [1.165, 1.54) is 0 Å². The summed E-state index contributed by atoms with van der Waals surface area (Å²) in [6.45, 7) is 11.8. The van der Waals surface area contributed by atoms with Gasteiger partial charge in [0.1, 0.15) is 0 Å². The van der Waals surface area contributed by atoms with Crippen LogP contribution in [0, 0.1) is 5.92 Å².